The Balaban J connectivity index is 1.85. The minimum Gasteiger partial charge on any atom is -0.383 e. The molecule has 2 aromatic heterocycles. The summed E-state index contributed by atoms with van der Waals surface area (Å²) in [7, 11) is 1.73. The van der Waals surface area contributed by atoms with Crippen LogP contribution in [0.25, 0.3) is 11.5 Å². The van der Waals surface area contributed by atoms with Gasteiger partial charge in [0, 0.05) is 13.5 Å². The van der Waals surface area contributed by atoms with Gasteiger partial charge in [0.05, 0.1) is 6.20 Å². The number of aromatic nitrogens is 4. The average molecular weight is 273 g/mol. The van der Waals surface area contributed by atoms with E-state index in [0.717, 1.165) is 5.56 Å². The van der Waals surface area contributed by atoms with Crippen molar-refractivity contribution < 1.29 is 8.91 Å². The molecule has 0 aliphatic rings. The van der Waals surface area contributed by atoms with Crippen LogP contribution in [-0.4, -0.2) is 19.9 Å². The van der Waals surface area contributed by atoms with Gasteiger partial charge in [-0.1, -0.05) is 17.3 Å². The van der Waals surface area contributed by atoms with Crippen LogP contribution in [0.2, 0.25) is 0 Å². The number of nitrogens with zero attached hydrogens (tertiary/aromatic N) is 4. The van der Waals surface area contributed by atoms with Gasteiger partial charge in [0.25, 0.3) is 5.89 Å². The molecule has 3 rings (SSSR count). The number of halogens is 1. The summed E-state index contributed by atoms with van der Waals surface area (Å²) in [6.45, 7) is 0. The molecule has 0 fully saturated rings. The monoisotopic (exact) mass is 273 g/mol. The first-order valence-corrected chi connectivity index (χ1v) is 5.98. The number of anilines is 1. The van der Waals surface area contributed by atoms with Crippen LogP contribution in [0.5, 0.6) is 0 Å². The van der Waals surface area contributed by atoms with E-state index in [1.54, 1.807) is 25.4 Å². The zero-order valence-electron chi connectivity index (χ0n) is 10.7. The lowest BCUT2D eigenvalue weighted by Gasteiger charge is -1.96. The topological polar surface area (TPSA) is 82.8 Å². The summed E-state index contributed by atoms with van der Waals surface area (Å²) in [5.41, 5.74) is 7.20. The van der Waals surface area contributed by atoms with Crippen LogP contribution in [0.3, 0.4) is 0 Å². The van der Waals surface area contributed by atoms with E-state index in [2.05, 4.69) is 15.2 Å². The van der Waals surface area contributed by atoms with Gasteiger partial charge in [-0.25, -0.2) is 4.39 Å². The largest absolute Gasteiger partial charge is 0.383 e. The van der Waals surface area contributed by atoms with E-state index in [9.17, 15) is 4.39 Å². The minimum atomic E-state index is -0.289. The van der Waals surface area contributed by atoms with Crippen LogP contribution >= 0.6 is 0 Å². The lowest BCUT2D eigenvalue weighted by Crippen LogP contribution is -1.98. The predicted molar refractivity (Wildman–Crippen MR) is 70.1 cm³/mol. The van der Waals surface area contributed by atoms with Gasteiger partial charge in [-0.15, -0.1) is 0 Å². The van der Waals surface area contributed by atoms with Gasteiger partial charge in [0.15, 0.2) is 5.82 Å². The van der Waals surface area contributed by atoms with Crippen molar-refractivity contribution in [1.29, 1.82) is 0 Å². The number of hydrogen-bond donors (Lipinski definition) is 1. The van der Waals surface area contributed by atoms with Crippen molar-refractivity contribution in [1.82, 2.24) is 19.9 Å². The third-order valence-electron chi connectivity index (χ3n) is 2.93. The second kappa shape index (κ2) is 4.76. The van der Waals surface area contributed by atoms with E-state index in [-0.39, 0.29) is 5.82 Å². The second-order valence-corrected chi connectivity index (χ2v) is 4.39. The normalized spacial score (nSPS) is 10.9. The molecule has 1 aromatic carbocycles. The van der Waals surface area contributed by atoms with Gasteiger partial charge in [-0.2, -0.15) is 10.1 Å². The van der Waals surface area contributed by atoms with Crippen LogP contribution < -0.4 is 5.73 Å². The molecule has 0 saturated carbocycles. The smallest absolute Gasteiger partial charge is 0.263 e. The molecule has 6 nitrogen and oxygen atoms in total. The summed E-state index contributed by atoms with van der Waals surface area (Å²) in [4.78, 5) is 4.25. The Labute approximate surface area is 114 Å². The Bertz CT molecular complexity index is 749. The molecule has 0 amide bonds. The predicted octanol–water partition coefficient (Wildman–Crippen LogP) is 1.78. The summed E-state index contributed by atoms with van der Waals surface area (Å²) >= 11 is 0. The standard InChI is InChI=1S/C13H12FN5O/c1-19-12(15)10(7-16-19)13-17-11(18-20-13)6-8-3-2-4-9(14)5-8/h2-5,7H,6,15H2,1H3. The Hall–Kier alpha value is -2.70. The molecule has 2 N–H and O–H groups in total. The molecule has 2 heterocycles. The lowest BCUT2D eigenvalue weighted by molar-refractivity contribution is 0.424. The highest BCUT2D eigenvalue weighted by molar-refractivity contribution is 5.66. The van der Waals surface area contributed by atoms with E-state index in [4.69, 9.17) is 10.3 Å². The summed E-state index contributed by atoms with van der Waals surface area (Å²) in [6, 6.07) is 6.28. The fourth-order valence-corrected chi connectivity index (χ4v) is 1.88. The average Bonchev–Trinajstić information content (AvgIpc) is 2.98. The maximum atomic E-state index is 13.1. The van der Waals surface area contributed by atoms with Crippen molar-refractivity contribution >= 4 is 5.82 Å². The zero-order valence-corrected chi connectivity index (χ0v) is 10.7. The SMILES string of the molecule is Cn1ncc(-c2nc(Cc3cccc(F)c3)no2)c1N. The molecule has 0 aliphatic heterocycles. The number of nitrogen functional groups attached to an aromatic ring is 1. The Morgan fingerprint density at radius 3 is 2.95 bits per heavy atom. The molecule has 0 aliphatic carbocycles. The quantitative estimate of drug-likeness (QED) is 0.786. The molecular weight excluding hydrogens is 261 g/mol. The Kier molecular flexibility index (Phi) is 2.94. The summed E-state index contributed by atoms with van der Waals surface area (Å²) in [6.07, 6.45) is 1.95. The highest BCUT2D eigenvalue weighted by Crippen LogP contribution is 2.23. The van der Waals surface area contributed by atoms with Gasteiger partial charge in [0.1, 0.15) is 17.2 Å². The number of nitrogens with two attached hydrogens (primary N) is 1. The maximum Gasteiger partial charge on any atom is 0.263 e. The van der Waals surface area contributed by atoms with Gasteiger partial charge in [-0.3, -0.25) is 4.68 Å². The molecule has 20 heavy (non-hydrogen) atoms. The minimum absolute atomic E-state index is 0.289. The fraction of sp³-hybridized carbons (Fsp3) is 0.154. The van der Waals surface area contributed by atoms with Crippen molar-refractivity contribution in [3.63, 3.8) is 0 Å². The number of benzene rings is 1. The molecule has 3 aromatic rings. The van der Waals surface area contributed by atoms with Gasteiger partial charge < -0.3 is 10.3 Å². The molecule has 0 unspecified atom stereocenters. The van der Waals surface area contributed by atoms with E-state index in [1.807, 2.05) is 0 Å². The zero-order chi connectivity index (χ0) is 14.1. The third-order valence-corrected chi connectivity index (χ3v) is 2.93. The van der Waals surface area contributed by atoms with Crippen molar-refractivity contribution in [3.8, 4) is 11.5 Å². The maximum absolute atomic E-state index is 13.1. The first kappa shape index (κ1) is 12.3. The van der Waals surface area contributed by atoms with Crippen molar-refractivity contribution in [2.75, 3.05) is 5.73 Å². The van der Waals surface area contributed by atoms with Gasteiger partial charge in [0.2, 0.25) is 0 Å². The van der Waals surface area contributed by atoms with E-state index in [1.165, 1.54) is 16.8 Å². The Morgan fingerprint density at radius 2 is 2.25 bits per heavy atom. The summed E-state index contributed by atoms with van der Waals surface area (Å²) in [5, 5.41) is 7.88. The van der Waals surface area contributed by atoms with Crippen LogP contribution in [0.1, 0.15) is 11.4 Å². The molecule has 0 saturated heterocycles. The molecule has 0 bridgehead atoms. The molecule has 7 heteroatoms. The van der Waals surface area contributed by atoms with Gasteiger partial charge in [-0.05, 0) is 17.7 Å². The van der Waals surface area contributed by atoms with E-state index >= 15 is 0 Å². The van der Waals surface area contributed by atoms with Gasteiger partial charge >= 0.3 is 0 Å². The number of aryl methyl sites for hydroxylation is 1. The molecular formula is C13H12FN5O. The number of rotatable bonds is 3. The van der Waals surface area contributed by atoms with Crippen molar-refractivity contribution in [2.45, 2.75) is 6.42 Å². The van der Waals surface area contributed by atoms with Crippen LogP contribution in [-0.2, 0) is 13.5 Å². The van der Waals surface area contributed by atoms with E-state index < -0.39 is 0 Å². The molecule has 0 radical (unpaired) electrons. The molecule has 102 valence electrons. The fourth-order valence-electron chi connectivity index (χ4n) is 1.88. The van der Waals surface area contributed by atoms with Crippen molar-refractivity contribution in [2.24, 2.45) is 7.05 Å². The van der Waals surface area contributed by atoms with Crippen LogP contribution in [0.4, 0.5) is 10.2 Å². The van der Waals surface area contributed by atoms with Crippen LogP contribution in [0, 0.1) is 5.82 Å². The number of hydrogen-bond acceptors (Lipinski definition) is 5. The summed E-state index contributed by atoms with van der Waals surface area (Å²) in [5.74, 6) is 0.935. The first-order valence-electron chi connectivity index (χ1n) is 5.98. The van der Waals surface area contributed by atoms with E-state index in [0.29, 0.717) is 29.5 Å². The van der Waals surface area contributed by atoms with Crippen molar-refractivity contribution in [3.05, 3.63) is 47.7 Å². The first-order chi connectivity index (χ1) is 9.63. The Morgan fingerprint density at radius 1 is 1.40 bits per heavy atom. The van der Waals surface area contributed by atoms with Crippen LogP contribution in [0.15, 0.2) is 35.0 Å². The third kappa shape index (κ3) is 2.25. The highest BCUT2D eigenvalue weighted by Gasteiger charge is 2.15. The highest BCUT2D eigenvalue weighted by atomic mass is 19.1. The summed E-state index contributed by atoms with van der Waals surface area (Å²) < 4.78 is 19.8. The second-order valence-electron chi connectivity index (χ2n) is 4.39. The lowest BCUT2D eigenvalue weighted by atomic mass is 10.1. The molecule has 0 atom stereocenters. The molecule has 0 spiro atoms.